The summed E-state index contributed by atoms with van der Waals surface area (Å²) in [5.41, 5.74) is 8.09. The second kappa shape index (κ2) is 4.10. The lowest BCUT2D eigenvalue weighted by atomic mass is 9.94. The molecule has 0 atom stereocenters. The minimum atomic E-state index is 1.01. The van der Waals surface area contributed by atoms with Crippen LogP contribution in [0.3, 0.4) is 0 Å². The largest absolute Gasteiger partial charge is 0.0622 e. The predicted molar refractivity (Wildman–Crippen MR) is 79.0 cm³/mol. The highest BCUT2D eigenvalue weighted by Crippen LogP contribution is 2.42. The molecule has 0 N–H and O–H groups in total. The standard InChI is InChI=1S/C19H13/c1-2-7-14(8-3-1)17-12-6-10-16-13-15-9-4-5-11-18(15)19(16)17/h1-8,10-12H,13H2. The van der Waals surface area contributed by atoms with E-state index in [-0.39, 0.29) is 0 Å². The van der Waals surface area contributed by atoms with E-state index >= 15 is 0 Å². The molecule has 0 bridgehead atoms. The van der Waals surface area contributed by atoms with Crippen molar-refractivity contribution in [3.63, 3.8) is 0 Å². The summed E-state index contributed by atoms with van der Waals surface area (Å²) < 4.78 is 0. The zero-order valence-corrected chi connectivity index (χ0v) is 10.6. The maximum atomic E-state index is 3.37. The number of hydrogen-bond donors (Lipinski definition) is 0. The molecule has 0 saturated heterocycles. The lowest BCUT2D eigenvalue weighted by Gasteiger charge is -2.09. The van der Waals surface area contributed by atoms with Gasteiger partial charge in [0.25, 0.3) is 0 Å². The van der Waals surface area contributed by atoms with Gasteiger partial charge in [-0.1, -0.05) is 66.7 Å². The Morgan fingerprint density at radius 1 is 0.737 bits per heavy atom. The molecule has 1 aliphatic rings. The summed E-state index contributed by atoms with van der Waals surface area (Å²) in [7, 11) is 0. The first-order valence-electron chi connectivity index (χ1n) is 6.61. The van der Waals surface area contributed by atoms with Crippen LogP contribution in [0.2, 0.25) is 0 Å². The molecule has 0 aromatic heterocycles. The van der Waals surface area contributed by atoms with Gasteiger partial charge in [0.1, 0.15) is 0 Å². The molecule has 3 aromatic carbocycles. The molecule has 1 radical (unpaired) electrons. The van der Waals surface area contributed by atoms with Crippen LogP contribution in [0.25, 0.3) is 22.3 Å². The molecule has 0 unspecified atom stereocenters. The molecule has 0 spiro atoms. The smallest absolute Gasteiger partial charge is 0.000706 e. The topological polar surface area (TPSA) is 0 Å². The van der Waals surface area contributed by atoms with Gasteiger partial charge < -0.3 is 0 Å². The van der Waals surface area contributed by atoms with Crippen molar-refractivity contribution >= 4 is 0 Å². The third-order valence-electron chi connectivity index (χ3n) is 3.81. The molecule has 0 nitrogen and oxygen atoms in total. The molecule has 3 aromatic rings. The highest BCUT2D eigenvalue weighted by Gasteiger charge is 2.21. The van der Waals surface area contributed by atoms with Crippen molar-refractivity contribution in [3.05, 3.63) is 83.9 Å². The zero-order valence-electron chi connectivity index (χ0n) is 10.6. The van der Waals surface area contributed by atoms with E-state index in [1.165, 1.54) is 33.4 Å². The van der Waals surface area contributed by atoms with E-state index in [0.717, 1.165) is 6.42 Å². The van der Waals surface area contributed by atoms with Crippen LogP contribution in [-0.4, -0.2) is 0 Å². The minimum absolute atomic E-state index is 1.01. The predicted octanol–water partition coefficient (Wildman–Crippen LogP) is 4.72. The second-order valence-electron chi connectivity index (χ2n) is 4.94. The first-order valence-corrected chi connectivity index (χ1v) is 6.61. The van der Waals surface area contributed by atoms with Gasteiger partial charge >= 0.3 is 0 Å². The summed E-state index contributed by atoms with van der Waals surface area (Å²) in [6, 6.07) is 26.9. The van der Waals surface area contributed by atoms with E-state index in [4.69, 9.17) is 0 Å². The summed E-state index contributed by atoms with van der Waals surface area (Å²) in [6.07, 6.45) is 1.01. The molecule has 0 amide bonds. The Hall–Kier alpha value is -2.34. The average molecular weight is 241 g/mol. The number of hydrogen-bond acceptors (Lipinski definition) is 0. The number of benzene rings is 3. The van der Waals surface area contributed by atoms with Gasteiger partial charge in [0, 0.05) is 0 Å². The van der Waals surface area contributed by atoms with E-state index in [1.807, 2.05) is 6.07 Å². The molecule has 0 fully saturated rings. The van der Waals surface area contributed by atoms with E-state index in [2.05, 4.69) is 66.7 Å². The Morgan fingerprint density at radius 2 is 1.58 bits per heavy atom. The molecule has 0 heteroatoms. The monoisotopic (exact) mass is 241 g/mol. The Morgan fingerprint density at radius 3 is 2.47 bits per heavy atom. The Labute approximate surface area is 113 Å². The van der Waals surface area contributed by atoms with Gasteiger partial charge in [0.2, 0.25) is 0 Å². The lowest BCUT2D eigenvalue weighted by Crippen LogP contribution is -1.85. The van der Waals surface area contributed by atoms with Gasteiger partial charge in [-0.05, 0) is 45.9 Å². The Balaban J connectivity index is 2.01. The average Bonchev–Trinajstić information content (AvgIpc) is 2.86. The van der Waals surface area contributed by atoms with Gasteiger partial charge in [-0.25, -0.2) is 0 Å². The van der Waals surface area contributed by atoms with Crippen molar-refractivity contribution < 1.29 is 0 Å². The summed E-state index contributed by atoms with van der Waals surface area (Å²) in [5, 5.41) is 0. The van der Waals surface area contributed by atoms with Crippen LogP contribution in [0.5, 0.6) is 0 Å². The second-order valence-corrected chi connectivity index (χ2v) is 4.94. The van der Waals surface area contributed by atoms with Gasteiger partial charge in [-0.2, -0.15) is 0 Å². The zero-order chi connectivity index (χ0) is 12.7. The molecule has 0 aliphatic heterocycles. The quantitative estimate of drug-likeness (QED) is 0.452. The van der Waals surface area contributed by atoms with Gasteiger partial charge in [0.05, 0.1) is 0 Å². The maximum absolute atomic E-state index is 3.37. The lowest BCUT2D eigenvalue weighted by molar-refractivity contribution is 1.26. The van der Waals surface area contributed by atoms with Crippen molar-refractivity contribution in [1.82, 2.24) is 0 Å². The molecule has 1 aliphatic carbocycles. The first-order chi connectivity index (χ1) is 9.43. The fourth-order valence-corrected chi connectivity index (χ4v) is 2.97. The van der Waals surface area contributed by atoms with Gasteiger partial charge in [-0.15, -0.1) is 0 Å². The summed E-state index contributed by atoms with van der Waals surface area (Å²) >= 11 is 0. The van der Waals surface area contributed by atoms with E-state index in [1.54, 1.807) is 0 Å². The first kappa shape index (κ1) is 10.6. The van der Waals surface area contributed by atoms with Crippen LogP contribution in [0.4, 0.5) is 0 Å². The van der Waals surface area contributed by atoms with Gasteiger partial charge in [0.15, 0.2) is 0 Å². The molecule has 0 saturated carbocycles. The van der Waals surface area contributed by atoms with Crippen LogP contribution >= 0.6 is 0 Å². The number of rotatable bonds is 1. The molecule has 4 rings (SSSR count). The molecular formula is C19H13. The normalized spacial score (nSPS) is 12.0. The van der Waals surface area contributed by atoms with Crippen LogP contribution in [0.1, 0.15) is 11.1 Å². The van der Waals surface area contributed by atoms with Crippen LogP contribution in [0.15, 0.2) is 66.7 Å². The number of fused-ring (bicyclic) bond motifs is 3. The molecular weight excluding hydrogens is 228 g/mol. The van der Waals surface area contributed by atoms with Crippen LogP contribution in [-0.2, 0) is 6.42 Å². The SMILES string of the molecule is [c]1cccc2c1Cc1cccc(-c3ccccc3)c1-2. The maximum Gasteiger partial charge on any atom is -0.000706 e. The highest BCUT2D eigenvalue weighted by molar-refractivity contribution is 5.90. The fraction of sp³-hybridized carbons (Fsp3) is 0.0526. The van der Waals surface area contributed by atoms with Crippen LogP contribution < -0.4 is 0 Å². The Kier molecular flexibility index (Phi) is 2.28. The third kappa shape index (κ3) is 1.61. The van der Waals surface area contributed by atoms with Crippen molar-refractivity contribution in [1.29, 1.82) is 0 Å². The van der Waals surface area contributed by atoms with E-state index in [9.17, 15) is 0 Å². The molecule has 19 heavy (non-hydrogen) atoms. The summed E-state index contributed by atoms with van der Waals surface area (Å²) in [4.78, 5) is 0. The minimum Gasteiger partial charge on any atom is -0.0622 e. The Bertz CT molecular complexity index is 739. The third-order valence-corrected chi connectivity index (χ3v) is 3.81. The van der Waals surface area contributed by atoms with E-state index in [0.29, 0.717) is 0 Å². The highest BCUT2D eigenvalue weighted by atomic mass is 14.2. The van der Waals surface area contributed by atoms with Crippen LogP contribution in [0, 0.1) is 6.07 Å². The molecule has 0 heterocycles. The summed E-state index contributed by atoms with van der Waals surface area (Å²) in [6.45, 7) is 0. The summed E-state index contributed by atoms with van der Waals surface area (Å²) in [5.74, 6) is 0. The van der Waals surface area contributed by atoms with E-state index < -0.39 is 0 Å². The van der Waals surface area contributed by atoms with Crippen molar-refractivity contribution in [2.24, 2.45) is 0 Å². The van der Waals surface area contributed by atoms with Crippen molar-refractivity contribution in [3.8, 4) is 22.3 Å². The van der Waals surface area contributed by atoms with Gasteiger partial charge in [-0.3, -0.25) is 0 Å². The fourth-order valence-electron chi connectivity index (χ4n) is 2.97. The van der Waals surface area contributed by atoms with Crippen molar-refractivity contribution in [2.45, 2.75) is 6.42 Å². The molecule has 89 valence electrons. The van der Waals surface area contributed by atoms with Crippen molar-refractivity contribution in [2.75, 3.05) is 0 Å².